The van der Waals surface area contributed by atoms with Crippen LogP contribution in [0.15, 0.2) is 54.1 Å². The van der Waals surface area contributed by atoms with Gasteiger partial charge in [0, 0.05) is 11.1 Å². The molecule has 0 fully saturated rings. The molecule has 4 heteroatoms. The van der Waals surface area contributed by atoms with Crippen LogP contribution < -0.4 is 11.5 Å². The highest BCUT2D eigenvalue weighted by atomic mass is 16.3. The second kappa shape index (κ2) is 4.25. The number of carbonyl (C=O) groups is 1. The fourth-order valence-corrected chi connectivity index (χ4v) is 1.73. The van der Waals surface area contributed by atoms with Crippen LogP contribution in [0.1, 0.15) is 10.4 Å². The standard InChI is InChI=1S/C13H14N2O2/c14-13(15)8-4-7-10(12(13)17)11(16)9-5-2-1-3-6-9/h1-8,12,17H,14-15H2. The van der Waals surface area contributed by atoms with Gasteiger partial charge in [-0.2, -0.15) is 0 Å². The Balaban J connectivity index is 2.33. The van der Waals surface area contributed by atoms with Crippen LogP contribution in [0.25, 0.3) is 0 Å². The summed E-state index contributed by atoms with van der Waals surface area (Å²) in [5, 5.41) is 9.94. The van der Waals surface area contributed by atoms with Gasteiger partial charge < -0.3 is 16.6 Å². The summed E-state index contributed by atoms with van der Waals surface area (Å²) in [6.45, 7) is 0. The van der Waals surface area contributed by atoms with E-state index in [0.29, 0.717) is 5.56 Å². The number of aliphatic hydroxyl groups is 1. The monoisotopic (exact) mass is 230 g/mol. The van der Waals surface area contributed by atoms with Gasteiger partial charge in [0.15, 0.2) is 5.78 Å². The van der Waals surface area contributed by atoms with E-state index in [1.165, 1.54) is 12.2 Å². The van der Waals surface area contributed by atoms with Crippen LogP contribution in [0.3, 0.4) is 0 Å². The Labute approximate surface area is 99.2 Å². The molecule has 5 N–H and O–H groups in total. The maximum absolute atomic E-state index is 12.1. The average molecular weight is 230 g/mol. The zero-order chi connectivity index (χ0) is 12.5. The lowest BCUT2D eigenvalue weighted by Gasteiger charge is -2.30. The largest absolute Gasteiger partial charge is 0.385 e. The zero-order valence-corrected chi connectivity index (χ0v) is 9.21. The lowest BCUT2D eigenvalue weighted by Crippen LogP contribution is -2.59. The third-order valence-electron chi connectivity index (χ3n) is 2.73. The molecular weight excluding hydrogens is 216 g/mol. The molecule has 0 aromatic heterocycles. The lowest BCUT2D eigenvalue weighted by molar-refractivity contribution is 0.0932. The number of hydrogen-bond acceptors (Lipinski definition) is 4. The molecule has 0 bridgehead atoms. The van der Waals surface area contributed by atoms with E-state index in [-0.39, 0.29) is 11.4 Å². The summed E-state index contributed by atoms with van der Waals surface area (Å²) in [5.74, 6) is -0.261. The molecule has 17 heavy (non-hydrogen) atoms. The number of carbonyl (C=O) groups excluding carboxylic acids is 1. The number of nitrogens with two attached hydrogens (primary N) is 2. The minimum absolute atomic E-state index is 0.212. The second-order valence-corrected chi connectivity index (χ2v) is 4.08. The van der Waals surface area contributed by atoms with Crippen molar-refractivity contribution in [1.29, 1.82) is 0 Å². The van der Waals surface area contributed by atoms with Gasteiger partial charge in [-0.1, -0.05) is 42.5 Å². The smallest absolute Gasteiger partial charge is 0.191 e. The van der Waals surface area contributed by atoms with E-state index in [1.54, 1.807) is 30.3 Å². The fraction of sp³-hybridized carbons (Fsp3) is 0.154. The maximum Gasteiger partial charge on any atom is 0.191 e. The summed E-state index contributed by atoms with van der Waals surface area (Å²) in [7, 11) is 0. The predicted octanol–water partition coefficient (Wildman–Crippen LogP) is 0.340. The first-order valence-electron chi connectivity index (χ1n) is 5.27. The van der Waals surface area contributed by atoms with E-state index in [0.717, 1.165) is 0 Å². The Morgan fingerprint density at radius 3 is 2.53 bits per heavy atom. The Bertz CT molecular complexity index is 489. The number of rotatable bonds is 2. The first-order valence-corrected chi connectivity index (χ1v) is 5.27. The van der Waals surface area contributed by atoms with Crippen molar-refractivity contribution in [1.82, 2.24) is 0 Å². The first-order chi connectivity index (χ1) is 8.02. The van der Waals surface area contributed by atoms with Gasteiger partial charge in [-0.25, -0.2) is 0 Å². The predicted molar refractivity (Wildman–Crippen MR) is 65.1 cm³/mol. The van der Waals surface area contributed by atoms with Crippen molar-refractivity contribution in [2.24, 2.45) is 11.5 Å². The molecule has 0 amide bonds. The van der Waals surface area contributed by atoms with E-state index in [9.17, 15) is 9.90 Å². The third kappa shape index (κ3) is 2.19. The molecule has 88 valence electrons. The summed E-state index contributed by atoms with van der Waals surface area (Å²) in [6.07, 6.45) is 3.40. The molecule has 4 nitrogen and oxygen atoms in total. The molecule has 1 atom stereocenters. The van der Waals surface area contributed by atoms with E-state index >= 15 is 0 Å². The third-order valence-corrected chi connectivity index (χ3v) is 2.73. The van der Waals surface area contributed by atoms with Crippen LogP contribution in [-0.2, 0) is 0 Å². The quantitative estimate of drug-likeness (QED) is 0.505. The van der Waals surface area contributed by atoms with E-state index < -0.39 is 11.8 Å². The normalized spacial score (nSPS) is 22.1. The molecule has 1 aliphatic rings. The van der Waals surface area contributed by atoms with Gasteiger partial charge >= 0.3 is 0 Å². The summed E-state index contributed by atoms with van der Waals surface area (Å²) in [5.41, 5.74) is 10.7. The highest BCUT2D eigenvalue weighted by Gasteiger charge is 2.34. The lowest BCUT2D eigenvalue weighted by atomic mass is 9.87. The van der Waals surface area contributed by atoms with Crippen molar-refractivity contribution in [2.75, 3.05) is 0 Å². The van der Waals surface area contributed by atoms with Crippen LogP contribution in [-0.4, -0.2) is 22.7 Å². The summed E-state index contributed by atoms with van der Waals surface area (Å²) >= 11 is 0. The summed E-state index contributed by atoms with van der Waals surface area (Å²) < 4.78 is 0. The Kier molecular flexibility index (Phi) is 2.93. The van der Waals surface area contributed by atoms with Crippen molar-refractivity contribution >= 4 is 5.78 Å². The summed E-state index contributed by atoms with van der Waals surface area (Å²) in [4.78, 5) is 12.1. The second-order valence-electron chi connectivity index (χ2n) is 4.08. The van der Waals surface area contributed by atoms with Gasteiger partial charge in [-0.15, -0.1) is 0 Å². The molecule has 1 aromatic rings. The SMILES string of the molecule is NC1(N)C=CC=C(C(=O)c2ccccc2)C1O. The molecule has 0 saturated carbocycles. The van der Waals surface area contributed by atoms with Gasteiger partial charge in [0.2, 0.25) is 0 Å². The molecule has 0 radical (unpaired) electrons. The summed E-state index contributed by atoms with van der Waals surface area (Å²) in [6, 6.07) is 8.71. The van der Waals surface area contributed by atoms with Crippen molar-refractivity contribution in [3.05, 3.63) is 59.7 Å². The molecule has 1 aliphatic carbocycles. The van der Waals surface area contributed by atoms with Crippen molar-refractivity contribution < 1.29 is 9.90 Å². The zero-order valence-electron chi connectivity index (χ0n) is 9.21. The topological polar surface area (TPSA) is 89.3 Å². The average Bonchev–Trinajstić information content (AvgIpc) is 2.33. The van der Waals surface area contributed by atoms with Crippen LogP contribution >= 0.6 is 0 Å². The van der Waals surface area contributed by atoms with Gasteiger partial charge in [-0.3, -0.25) is 4.79 Å². The van der Waals surface area contributed by atoms with E-state index in [2.05, 4.69) is 0 Å². The van der Waals surface area contributed by atoms with E-state index in [4.69, 9.17) is 11.5 Å². The maximum atomic E-state index is 12.1. The molecular formula is C13H14N2O2. The number of ketones is 1. The number of benzene rings is 1. The first kappa shape index (κ1) is 11.7. The highest BCUT2D eigenvalue weighted by molar-refractivity contribution is 6.09. The van der Waals surface area contributed by atoms with Crippen molar-refractivity contribution in [3.63, 3.8) is 0 Å². The molecule has 0 spiro atoms. The molecule has 1 unspecified atom stereocenters. The number of allylic oxidation sites excluding steroid dienone is 2. The Hall–Kier alpha value is -1.75. The van der Waals surface area contributed by atoms with Crippen molar-refractivity contribution in [2.45, 2.75) is 11.8 Å². The highest BCUT2D eigenvalue weighted by Crippen LogP contribution is 2.21. The molecule has 0 saturated heterocycles. The van der Waals surface area contributed by atoms with Gasteiger partial charge in [0.1, 0.15) is 11.8 Å². The van der Waals surface area contributed by atoms with Gasteiger partial charge in [-0.05, 0) is 6.08 Å². The molecule has 0 heterocycles. The van der Waals surface area contributed by atoms with Gasteiger partial charge in [0.05, 0.1) is 0 Å². The Morgan fingerprint density at radius 1 is 1.24 bits per heavy atom. The number of hydrogen-bond donors (Lipinski definition) is 3. The van der Waals surface area contributed by atoms with Crippen LogP contribution in [0.2, 0.25) is 0 Å². The Morgan fingerprint density at radius 2 is 1.88 bits per heavy atom. The number of Topliss-reactive ketones (excluding diaryl/α,β-unsaturated/α-hetero) is 1. The minimum atomic E-state index is -1.39. The molecule has 2 rings (SSSR count). The molecule has 0 aliphatic heterocycles. The van der Waals surface area contributed by atoms with E-state index in [1.807, 2.05) is 6.07 Å². The van der Waals surface area contributed by atoms with Crippen LogP contribution in [0.5, 0.6) is 0 Å². The molecule has 1 aromatic carbocycles. The minimum Gasteiger partial charge on any atom is -0.385 e. The van der Waals surface area contributed by atoms with Crippen LogP contribution in [0, 0.1) is 0 Å². The van der Waals surface area contributed by atoms with Crippen molar-refractivity contribution in [3.8, 4) is 0 Å². The van der Waals surface area contributed by atoms with Crippen LogP contribution in [0.4, 0.5) is 0 Å². The number of aliphatic hydroxyl groups excluding tert-OH is 1. The van der Waals surface area contributed by atoms with Gasteiger partial charge in [0.25, 0.3) is 0 Å². The fourth-order valence-electron chi connectivity index (χ4n) is 1.73.